The van der Waals surface area contributed by atoms with Gasteiger partial charge in [-0.15, -0.1) is 0 Å². The summed E-state index contributed by atoms with van der Waals surface area (Å²) in [5.74, 6) is -0.245. The molecule has 0 spiro atoms. The molecule has 0 atom stereocenters. The Morgan fingerprint density at radius 2 is 1.95 bits per heavy atom. The highest BCUT2D eigenvalue weighted by atomic mass is 32.2. The van der Waals surface area contributed by atoms with Crippen LogP contribution in [0.4, 0.5) is 10.1 Å². The van der Waals surface area contributed by atoms with Crippen LogP contribution >= 0.6 is 11.9 Å². The van der Waals surface area contributed by atoms with Crippen molar-refractivity contribution in [3.05, 3.63) is 89.9 Å². The van der Waals surface area contributed by atoms with Crippen LogP contribution in [0, 0.1) is 5.82 Å². The van der Waals surface area contributed by atoms with E-state index >= 15 is 0 Å². The normalized spacial score (nSPS) is 12.4. The quantitative estimate of drug-likeness (QED) is 0.229. The molecule has 0 saturated heterocycles. The molecule has 2 aromatic carbocycles. The summed E-state index contributed by atoms with van der Waals surface area (Å²) in [6, 6.07) is 20.3. The second-order valence-corrected chi connectivity index (χ2v) is 10.9. The Kier molecular flexibility index (Phi) is 6.04. The van der Waals surface area contributed by atoms with Gasteiger partial charge in [-0.05, 0) is 66.6 Å². The second-order valence-electron chi connectivity index (χ2n) is 9.98. The molecule has 7 nitrogen and oxygen atoms in total. The first kappa shape index (κ1) is 25.3. The summed E-state index contributed by atoms with van der Waals surface area (Å²) < 4.78 is 24.3. The standard InChI is InChI=1S/C32H26FN5O2S/c1-34-32(39)29-22-15-21(26(37(2)41-3)17-28(22)40-31(29)19-6-9-20(33)10-7-19)23-11-8-18-12-14-38-25-5-4-13-35-24(25)16-27(38)30(18)36-23/h4-11,13,15-17H,12,14H2,1-3H3,(H,34,39). The molecule has 1 aliphatic rings. The van der Waals surface area contributed by atoms with Crippen LogP contribution in [0.15, 0.2) is 77.3 Å². The molecule has 6 aromatic rings. The van der Waals surface area contributed by atoms with Crippen LogP contribution in [-0.4, -0.2) is 40.8 Å². The van der Waals surface area contributed by atoms with Gasteiger partial charge in [-0.2, -0.15) is 0 Å². The number of nitrogens with zero attached hydrogens (tertiary/aromatic N) is 4. The molecule has 7 rings (SSSR count). The average molecular weight is 564 g/mol. The summed E-state index contributed by atoms with van der Waals surface area (Å²) >= 11 is 1.57. The highest BCUT2D eigenvalue weighted by Gasteiger charge is 2.26. The lowest BCUT2D eigenvalue weighted by Crippen LogP contribution is -2.18. The van der Waals surface area contributed by atoms with Crippen molar-refractivity contribution in [2.24, 2.45) is 0 Å². The van der Waals surface area contributed by atoms with Crippen molar-refractivity contribution in [1.82, 2.24) is 19.9 Å². The Hall–Kier alpha value is -4.63. The molecule has 1 amide bonds. The number of furan rings is 1. The van der Waals surface area contributed by atoms with E-state index in [2.05, 4.69) is 43.4 Å². The monoisotopic (exact) mass is 563 g/mol. The number of fused-ring (bicyclic) bond motifs is 6. The number of rotatable bonds is 5. The zero-order valence-electron chi connectivity index (χ0n) is 22.7. The molecule has 5 heterocycles. The number of anilines is 1. The van der Waals surface area contributed by atoms with E-state index in [1.54, 1.807) is 31.1 Å². The number of benzene rings is 2. The maximum absolute atomic E-state index is 13.7. The summed E-state index contributed by atoms with van der Waals surface area (Å²) in [7, 11) is 3.58. The van der Waals surface area contributed by atoms with Crippen LogP contribution in [0.2, 0.25) is 0 Å². The molecule has 4 aromatic heterocycles. The Balaban J connectivity index is 1.46. The number of nitrogens with one attached hydrogen (secondary N) is 1. The third-order valence-corrected chi connectivity index (χ3v) is 8.50. The molecule has 1 N–H and O–H groups in total. The number of aryl methyl sites for hydroxylation is 2. The van der Waals surface area contributed by atoms with E-state index in [9.17, 15) is 9.18 Å². The zero-order valence-corrected chi connectivity index (χ0v) is 23.6. The molecular weight excluding hydrogens is 537 g/mol. The molecule has 41 heavy (non-hydrogen) atoms. The number of hydrogen-bond donors (Lipinski definition) is 1. The first-order chi connectivity index (χ1) is 20.0. The fourth-order valence-electron chi connectivity index (χ4n) is 5.67. The third-order valence-electron chi connectivity index (χ3n) is 7.75. The predicted molar refractivity (Wildman–Crippen MR) is 163 cm³/mol. The summed E-state index contributed by atoms with van der Waals surface area (Å²) in [4.78, 5) is 23.0. The third kappa shape index (κ3) is 4.07. The lowest BCUT2D eigenvalue weighted by atomic mass is 9.98. The zero-order chi connectivity index (χ0) is 28.2. The van der Waals surface area contributed by atoms with Crippen LogP contribution < -0.4 is 9.62 Å². The maximum Gasteiger partial charge on any atom is 0.255 e. The lowest BCUT2D eigenvalue weighted by Gasteiger charge is -2.22. The van der Waals surface area contributed by atoms with Crippen molar-refractivity contribution in [1.29, 1.82) is 0 Å². The van der Waals surface area contributed by atoms with Crippen LogP contribution in [0.5, 0.6) is 0 Å². The number of hydrogen-bond acceptors (Lipinski definition) is 6. The molecule has 0 radical (unpaired) electrons. The van der Waals surface area contributed by atoms with Gasteiger partial charge in [0.2, 0.25) is 0 Å². The van der Waals surface area contributed by atoms with E-state index < -0.39 is 0 Å². The van der Waals surface area contributed by atoms with E-state index in [0.29, 0.717) is 27.9 Å². The van der Waals surface area contributed by atoms with Gasteiger partial charge in [-0.1, -0.05) is 18.0 Å². The molecule has 0 aliphatic carbocycles. The van der Waals surface area contributed by atoms with Gasteiger partial charge in [0.25, 0.3) is 5.91 Å². The lowest BCUT2D eigenvalue weighted by molar-refractivity contribution is 0.0964. The largest absolute Gasteiger partial charge is 0.455 e. The van der Waals surface area contributed by atoms with E-state index in [1.165, 1.54) is 17.7 Å². The van der Waals surface area contributed by atoms with Crippen molar-refractivity contribution < 1.29 is 13.6 Å². The summed E-state index contributed by atoms with van der Waals surface area (Å²) in [5, 5.41) is 3.40. The van der Waals surface area contributed by atoms with Gasteiger partial charge in [0.1, 0.15) is 17.2 Å². The topological polar surface area (TPSA) is 76.2 Å². The van der Waals surface area contributed by atoms with Crippen molar-refractivity contribution in [2.45, 2.75) is 13.0 Å². The summed E-state index contributed by atoms with van der Waals surface area (Å²) in [6.07, 6.45) is 4.70. The molecule has 204 valence electrons. The summed E-state index contributed by atoms with van der Waals surface area (Å²) in [6.45, 7) is 0.877. The number of halogens is 1. The summed E-state index contributed by atoms with van der Waals surface area (Å²) in [5.41, 5.74) is 9.39. The van der Waals surface area contributed by atoms with Crippen LogP contribution in [-0.2, 0) is 13.0 Å². The Labute approximate surface area is 240 Å². The minimum Gasteiger partial charge on any atom is -0.455 e. The molecule has 0 unspecified atom stereocenters. The molecule has 0 fully saturated rings. The van der Waals surface area contributed by atoms with Crippen molar-refractivity contribution in [3.63, 3.8) is 0 Å². The molecule has 0 bridgehead atoms. The van der Waals surface area contributed by atoms with E-state index in [0.717, 1.165) is 52.3 Å². The van der Waals surface area contributed by atoms with Gasteiger partial charge in [-0.25, -0.2) is 9.37 Å². The Morgan fingerprint density at radius 3 is 2.73 bits per heavy atom. The fraction of sp³-hybridized carbons (Fsp3) is 0.156. The highest BCUT2D eigenvalue weighted by molar-refractivity contribution is 7.99. The van der Waals surface area contributed by atoms with Crippen molar-refractivity contribution in [3.8, 4) is 34.0 Å². The Morgan fingerprint density at radius 1 is 1.12 bits per heavy atom. The van der Waals surface area contributed by atoms with Gasteiger partial charge in [0.15, 0.2) is 0 Å². The van der Waals surface area contributed by atoms with E-state index in [1.807, 2.05) is 37.7 Å². The fourth-order valence-corrected chi connectivity index (χ4v) is 6.02. The average Bonchev–Trinajstić information content (AvgIpc) is 3.58. The molecule has 1 aliphatic heterocycles. The molecule has 0 saturated carbocycles. The maximum atomic E-state index is 13.7. The van der Waals surface area contributed by atoms with Crippen molar-refractivity contribution >= 4 is 45.5 Å². The van der Waals surface area contributed by atoms with Crippen molar-refractivity contribution in [2.75, 3.05) is 24.7 Å². The minimum atomic E-state index is -0.356. The first-order valence-electron chi connectivity index (χ1n) is 13.3. The number of aromatic nitrogens is 3. The number of pyridine rings is 2. The smallest absolute Gasteiger partial charge is 0.255 e. The van der Waals surface area contributed by atoms with Crippen LogP contribution in [0.25, 0.3) is 56.0 Å². The van der Waals surface area contributed by atoms with Crippen LogP contribution in [0.3, 0.4) is 0 Å². The van der Waals surface area contributed by atoms with Gasteiger partial charge >= 0.3 is 0 Å². The number of amides is 1. The molecule has 9 heteroatoms. The van der Waals surface area contributed by atoms with Gasteiger partial charge < -0.3 is 18.6 Å². The second kappa shape index (κ2) is 9.78. The number of carbonyl (C=O) groups excluding carboxylic acids is 1. The van der Waals surface area contributed by atoms with Gasteiger partial charge in [-0.3, -0.25) is 9.78 Å². The van der Waals surface area contributed by atoms with Gasteiger partial charge in [0.05, 0.1) is 39.4 Å². The number of carbonyl (C=O) groups is 1. The SMILES string of the molecule is CNC(=O)c1c(-c2ccc(F)cc2)oc2cc(N(C)SC)c(-c3ccc4c(n3)-c3cc5ncccc5n3CC4)cc12. The first-order valence-corrected chi connectivity index (χ1v) is 14.5. The minimum absolute atomic E-state index is 0.282. The predicted octanol–water partition coefficient (Wildman–Crippen LogP) is 6.95. The highest BCUT2D eigenvalue weighted by Crippen LogP contribution is 2.42. The van der Waals surface area contributed by atoms with Crippen LogP contribution in [0.1, 0.15) is 15.9 Å². The van der Waals surface area contributed by atoms with E-state index in [-0.39, 0.29) is 11.7 Å². The molecular formula is C32H26FN5O2S. The van der Waals surface area contributed by atoms with E-state index in [4.69, 9.17) is 9.40 Å². The van der Waals surface area contributed by atoms with Gasteiger partial charge in [0, 0.05) is 55.7 Å². The Bertz CT molecular complexity index is 1980.